The summed E-state index contributed by atoms with van der Waals surface area (Å²) in [5.74, 6) is -0.328. The molecule has 1 amide bonds. The minimum atomic E-state index is -3.72. The van der Waals surface area contributed by atoms with Gasteiger partial charge in [-0.25, -0.2) is 8.42 Å². The Bertz CT molecular complexity index is 858. The Morgan fingerprint density at radius 2 is 1.68 bits per heavy atom. The molecule has 0 radical (unpaired) electrons. The van der Waals surface area contributed by atoms with Crippen LogP contribution in [0.25, 0.3) is 0 Å². The predicted molar refractivity (Wildman–Crippen MR) is 112 cm³/mol. The van der Waals surface area contributed by atoms with Crippen LogP contribution >= 0.6 is 11.6 Å². The van der Waals surface area contributed by atoms with Crippen molar-refractivity contribution >= 4 is 27.5 Å². The lowest BCUT2D eigenvalue weighted by Gasteiger charge is -2.18. The summed E-state index contributed by atoms with van der Waals surface area (Å²) in [7, 11) is -0.309. The van der Waals surface area contributed by atoms with Crippen LogP contribution in [-0.2, 0) is 21.4 Å². The Morgan fingerprint density at radius 3 is 2.32 bits per heavy atom. The minimum Gasteiger partial charge on any atom is -0.355 e. The van der Waals surface area contributed by atoms with Crippen LogP contribution in [0.15, 0.2) is 59.5 Å². The zero-order chi connectivity index (χ0) is 20.6. The topological polar surface area (TPSA) is 69.7 Å². The molecule has 2 aromatic carbocycles. The fourth-order valence-corrected chi connectivity index (χ4v) is 3.93. The van der Waals surface area contributed by atoms with E-state index in [1.807, 2.05) is 25.2 Å². The fourth-order valence-electron chi connectivity index (χ4n) is 2.68. The van der Waals surface area contributed by atoms with Crippen molar-refractivity contribution in [2.45, 2.75) is 17.9 Å². The summed E-state index contributed by atoms with van der Waals surface area (Å²) < 4.78 is 26.0. The van der Waals surface area contributed by atoms with Crippen molar-refractivity contribution in [2.24, 2.45) is 0 Å². The van der Waals surface area contributed by atoms with Gasteiger partial charge >= 0.3 is 0 Å². The molecule has 28 heavy (non-hydrogen) atoms. The van der Waals surface area contributed by atoms with Gasteiger partial charge in [0.25, 0.3) is 0 Å². The van der Waals surface area contributed by atoms with Gasteiger partial charge in [0.05, 0.1) is 11.4 Å². The Morgan fingerprint density at radius 1 is 1.04 bits per heavy atom. The van der Waals surface area contributed by atoms with E-state index in [1.54, 1.807) is 0 Å². The number of benzene rings is 2. The number of hydrogen-bond acceptors (Lipinski definition) is 4. The first kappa shape index (κ1) is 22.4. The first-order valence-corrected chi connectivity index (χ1v) is 10.8. The van der Waals surface area contributed by atoms with E-state index in [9.17, 15) is 13.2 Å². The molecule has 0 aliphatic rings. The number of hydrogen-bond donors (Lipinski definition) is 1. The Balaban J connectivity index is 1.72. The smallest absolute Gasteiger partial charge is 0.243 e. The third-order valence-corrected chi connectivity index (χ3v) is 6.29. The van der Waals surface area contributed by atoms with Crippen LogP contribution in [0.3, 0.4) is 0 Å². The predicted octanol–water partition coefficient (Wildman–Crippen LogP) is 2.60. The average molecular weight is 424 g/mol. The van der Waals surface area contributed by atoms with Crippen LogP contribution in [0.2, 0.25) is 5.02 Å². The summed E-state index contributed by atoms with van der Waals surface area (Å²) in [6.07, 6.45) is 0.780. The summed E-state index contributed by atoms with van der Waals surface area (Å²) in [6, 6.07) is 16.0. The van der Waals surface area contributed by atoms with Crippen LogP contribution in [0.5, 0.6) is 0 Å². The number of likely N-dealkylation sites (N-methyl/N-ethyl adjacent to an activating group) is 1. The van der Waals surface area contributed by atoms with E-state index in [2.05, 4.69) is 22.3 Å². The van der Waals surface area contributed by atoms with E-state index in [0.29, 0.717) is 11.6 Å². The van der Waals surface area contributed by atoms with E-state index in [1.165, 1.54) is 36.9 Å². The molecule has 0 saturated heterocycles. The molecular weight excluding hydrogens is 398 g/mol. The third kappa shape index (κ3) is 6.91. The van der Waals surface area contributed by atoms with Gasteiger partial charge in [-0.3, -0.25) is 4.79 Å². The molecule has 1 N–H and O–H groups in total. The molecule has 0 fully saturated rings. The number of nitrogens with zero attached hydrogens (tertiary/aromatic N) is 2. The normalized spacial score (nSPS) is 11.8. The number of rotatable bonds is 10. The van der Waals surface area contributed by atoms with Gasteiger partial charge in [-0.2, -0.15) is 4.31 Å². The minimum absolute atomic E-state index is 0.106. The maximum atomic E-state index is 12.5. The average Bonchev–Trinajstić information content (AvgIpc) is 2.66. The number of carbonyl (C=O) groups excluding carboxylic acids is 1. The first-order chi connectivity index (χ1) is 13.3. The van der Waals surface area contributed by atoms with Crippen molar-refractivity contribution in [3.05, 3.63) is 65.2 Å². The van der Waals surface area contributed by atoms with Crippen molar-refractivity contribution < 1.29 is 13.2 Å². The molecule has 0 aromatic heterocycles. The van der Waals surface area contributed by atoms with Crippen molar-refractivity contribution in [3.8, 4) is 0 Å². The molecule has 152 valence electrons. The zero-order valence-electron chi connectivity index (χ0n) is 16.1. The lowest BCUT2D eigenvalue weighted by molar-refractivity contribution is -0.121. The molecule has 0 atom stereocenters. The van der Waals surface area contributed by atoms with Gasteiger partial charge in [0.15, 0.2) is 0 Å². The Labute approximate surface area is 172 Å². The van der Waals surface area contributed by atoms with E-state index >= 15 is 0 Å². The molecule has 0 spiro atoms. The quantitative estimate of drug-likeness (QED) is 0.596. The van der Waals surface area contributed by atoms with Gasteiger partial charge < -0.3 is 10.2 Å². The van der Waals surface area contributed by atoms with Crippen LogP contribution < -0.4 is 5.32 Å². The highest BCUT2D eigenvalue weighted by Gasteiger charge is 2.22. The van der Waals surface area contributed by atoms with Crippen molar-refractivity contribution in [3.63, 3.8) is 0 Å². The molecular formula is C20H26ClN3O3S. The van der Waals surface area contributed by atoms with Crippen LogP contribution in [-0.4, -0.2) is 57.3 Å². The SMILES string of the molecule is CN(CCCNC(=O)CN(C)S(=O)(=O)c1ccc(Cl)cc1)Cc1ccccc1. The van der Waals surface area contributed by atoms with Gasteiger partial charge in [0.2, 0.25) is 15.9 Å². The highest BCUT2D eigenvalue weighted by Crippen LogP contribution is 2.17. The second-order valence-electron chi connectivity index (χ2n) is 6.64. The molecule has 2 aromatic rings. The fraction of sp³-hybridized carbons (Fsp3) is 0.350. The van der Waals surface area contributed by atoms with Gasteiger partial charge in [-0.05, 0) is 49.8 Å². The van der Waals surface area contributed by atoms with E-state index in [4.69, 9.17) is 11.6 Å². The van der Waals surface area contributed by atoms with Gasteiger partial charge in [0.1, 0.15) is 0 Å². The second-order valence-corrected chi connectivity index (χ2v) is 9.12. The van der Waals surface area contributed by atoms with E-state index in [-0.39, 0.29) is 17.3 Å². The van der Waals surface area contributed by atoms with Crippen LogP contribution in [0.4, 0.5) is 0 Å². The largest absolute Gasteiger partial charge is 0.355 e. The summed E-state index contributed by atoms with van der Waals surface area (Å²) in [4.78, 5) is 14.4. The molecule has 8 heteroatoms. The Hall–Kier alpha value is -1.93. The summed E-state index contributed by atoms with van der Waals surface area (Å²) in [5.41, 5.74) is 1.24. The number of halogens is 1. The van der Waals surface area contributed by atoms with Gasteiger partial charge in [0, 0.05) is 25.2 Å². The number of amides is 1. The van der Waals surface area contributed by atoms with Crippen molar-refractivity contribution in [2.75, 3.05) is 33.7 Å². The monoisotopic (exact) mass is 423 g/mol. The van der Waals surface area contributed by atoms with Gasteiger partial charge in [-0.15, -0.1) is 0 Å². The molecule has 0 aliphatic heterocycles. The van der Waals surface area contributed by atoms with Crippen molar-refractivity contribution in [1.29, 1.82) is 0 Å². The summed E-state index contributed by atoms with van der Waals surface area (Å²) in [5, 5.41) is 3.23. The first-order valence-electron chi connectivity index (χ1n) is 9.00. The lowest BCUT2D eigenvalue weighted by Crippen LogP contribution is -2.39. The number of nitrogens with one attached hydrogen (secondary N) is 1. The number of sulfonamides is 1. The molecule has 0 heterocycles. The van der Waals surface area contributed by atoms with Crippen LogP contribution in [0, 0.1) is 0 Å². The maximum absolute atomic E-state index is 12.5. The van der Waals surface area contributed by atoms with E-state index < -0.39 is 10.0 Å². The highest BCUT2D eigenvalue weighted by molar-refractivity contribution is 7.89. The van der Waals surface area contributed by atoms with Gasteiger partial charge in [-0.1, -0.05) is 41.9 Å². The van der Waals surface area contributed by atoms with Crippen LogP contribution in [0.1, 0.15) is 12.0 Å². The van der Waals surface area contributed by atoms with Crippen molar-refractivity contribution in [1.82, 2.24) is 14.5 Å². The molecule has 2 rings (SSSR count). The molecule has 0 bridgehead atoms. The molecule has 6 nitrogen and oxygen atoms in total. The van der Waals surface area contributed by atoms with E-state index in [0.717, 1.165) is 23.8 Å². The number of carbonyl (C=O) groups is 1. The summed E-state index contributed by atoms with van der Waals surface area (Å²) in [6.45, 7) is 1.93. The summed E-state index contributed by atoms with van der Waals surface area (Å²) >= 11 is 5.79. The molecule has 0 unspecified atom stereocenters. The molecule has 0 saturated carbocycles. The molecule has 0 aliphatic carbocycles. The maximum Gasteiger partial charge on any atom is 0.243 e. The highest BCUT2D eigenvalue weighted by atomic mass is 35.5. The zero-order valence-corrected chi connectivity index (χ0v) is 17.7. The standard InChI is InChI=1S/C20H26ClN3O3S/c1-23(15-17-7-4-3-5-8-17)14-6-13-22-20(25)16-24(2)28(26,27)19-11-9-18(21)10-12-19/h3-5,7-12H,6,13-16H2,1-2H3,(H,22,25). The Kier molecular flexibility index (Phi) is 8.44. The third-order valence-electron chi connectivity index (χ3n) is 4.22. The lowest BCUT2D eigenvalue weighted by atomic mass is 10.2. The second kappa shape index (κ2) is 10.6.